The topological polar surface area (TPSA) is 63.4 Å². The van der Waals surface area contributed by atoms with Crippen molar-refractivity contribution in [1.82, 2.24) is 4.90 Å². The fourth-order valence-corrected chi connectivity index (χ4v) is 2.52. The number of likely N-dealkylation sites (tertiary alicyclic amines) is 1. The molecule has 1 aliphatic heterocycles. The van der Waals surface area contributed by atoms with Crippen LogP contribution >= 0.6 is 11.6 Å². The van der Waals surface area contributed by atoms with Crippen LogP contribution in [0, 0.1) is 0 Å². The molecule has 5 heteroatoms. The molecule has 102 valence electrons. The van der Waals surface area contributed by atoms with Gasteiger partial charge in [-0.3, -0.25) is 9.59 Å². The van der Waals surface area contributed by atoms with Gasteiger partial charge >= 0.3 is 0 Å². The van der Waals surface area contributed by atoms with E-state index in [-0.39, 0.29) is 17.7 Å². The van der Waals surface area contributed by atoms with E-state index in [4.69, 9.17) is 17.3 Å². The normalized spacial score (nSPS) is 18.9. The van der Waals surface area contributed by atoms with Gasteiger partial charge in [-0.1, -0.05) is 23.7 Å². The van der Waals surface area contributed by atoms with Gasteiger partial charge in [0.25, 0.3) is 0 Å². The third-order valence-electron chi connectivity index (χ3n) is 3.41. The highest BCUT2D eigenvalue weighted by Crippen LogP contribution is 2.29. The maximum Gasteiger partial charge on any atom is 0.223 e. The molecule has 1 aliphatic rings. The number of nitrogens with zero attached hydrogens (tertiary/aromatic N) is 1. The summed E-state index contributed by atoms with van der Waals surface area (Å²) >= 11 is 5.85. The number of nitrogens with two attached hydrogens (primary N) is 1. The number of rotatable bonds is 5. The van der Waals surface area contributed by atoms with Crippen LogP contribution in [0.1, 0.15) is 30.7 Å². The van der Waals surface area contributed by atoms with E-state index in [1.165, 1.54) is 0 Å². The number of primary amides is 1. The molecule has 1 unspecified atom stereocenters. The van der Waals surface area contributed by atoms with Crippen LogP contribution in [-0.4, -0.2) is 29.8 Å². The Labute approximate surface area is 117 Å². The van der Waals surface area contributed by atoms with Gasteiger partial charge in [-0.05, 0) is 24.1 Å². The second-order valence-electron chi connectivity index (χ2n) is 4.86. The zero-order chi connectivity index (χ0) is 13.8. The minimum absolute atomic E-state index is 0.143. The van der Waals surface area contributed by atoms with Gasteiger partial charge in [0, 0.05) is 36.9 Å². The lowest BCUT2D eigenvalue weighted by Gasteiger charge is -2.16. The standard InChI is InChI=1S/C14H17ClN2O2/c15-12-5-3-10(4-6-12)11-8-14(19)17(9-11)7-1-2-13(16)18/h3-6,11H,1-2,7-9H2,(H2,16,18). The molecule has 0 radical (unpaired) electrons. The molecule has 0 bridgehead atoms. The lowest BCUT2D eigenvalue weighted by molar-refractivity contribution is -0.128. The van der Waals surface area contributed by atoms with Gasteiger partial charge in [0.15, 0.2) is 0 Å². The third-order valence-corrected chi connectivity index (χ3v) is 3.66. The molecule has 0 saturated carbocycles. The second kappa shape index (κ2) is 6.06. The number of carbonyl (C=O) groups excluding carboxylic acids is 2. The molecule has 2 N–H and O–H groups in total. The van der Waals surface area contributed by atoms with Crippen molar-refractivity contribution in [2.75, 3.05) is 13.1 Å². The summed E-state index contributed by atoms with van der Waals surface area (Å²) in [5.41, 5.74) is 6.22. The highest BCUT2D eigenvalue weighted by Gasteiger charge is 2.30. The van der Waals surface area contributed by atoms with Crippen molar-refractivity contribution >= 4 is 23.4 Å². The minimum Gasteiger partial charge on any atom is -0.370 e. The van der Waals surface area contributed by atoms with Gasteiger partial charge in [-0.2, -0.15) is 0 Å². The first-order valence-corrected chi connectivity index (χ1v) is 6.75. The van der Waals surface area contributed by atoms with Crippen molar-refractivity contribution < 1.29 is 9.59 Å². The SMILES string of the molecule is NC(=O)CCCN1CC(c2ccc(Cl)cc2)CC1=O. The molecule has 1 aromatic rings. The molecule has 0 aliphatic carbocycles. The van der Waals surface area contributed by atoms with Gasteiger partial charge in [0.2, 0.25) is 11.8 Å². The van der Waals surface area contributed by atoms with E-state index >= 15 is 0 Å². The first-order chi connectivity index (χ1) is 9.06. The van der Waals surface area contributed by atoms with E-state index in [0.717, 1.165) is 5.56 Å². The highest BCUT2D eigenvalue weighted by molar-refractivity contribution is 6.30. The summed E-state index contributed by atoms with van der Waals surface area (Å²) in [6, 6.07) is 7.62. The maximum absolute atomic E-state index is 11.9. The summed E-state index contributed by atoms with van der Waals surface area (Å²) in [5, 5.41) is 0.700. The van der Waals surface area contributed by atoms with E-state index in [2.05, 4.69) is 0 Å². The van der Waals surface area contributed by atoms with Crippen LogP contribution in [0.2, 0.25) is 5.02 Å². The number of hydrogen-bond donors (Lipinski definition) is 1. The molecule has 4 nitrogen and oxygen atoms in total. The molecule has 1 aromatic carbocycles. The number of carbonyl (C=O) groups is 2. The van der Waals surface area contributed by atoms with Crippen LogP contribution < -0.4 is 5.73 Å². The summed E-state index contributed by atoms with van der Waals surface area (Å²) in [7, 11) is 0. The average Bonchev–Trinajstić information content (AvgIpc) is 2.71. The van der Waals surface area contributed by atoms with Crippen molar-refractivity contribution in [1.29, 1.82) is 0 Å². The van der Waals surface area contributed by atoms with E-state index < -0.39 is 0 Å². The largest absolute Gasteiger partial charge is 0.370 e. The Bertz CT molecular complexity index is 473. The van der Waals surface area contributed by atoms with Crippen molar-refractivity contribution in [2.45, 2.75) is 25.2 Å². The molecule has 0 aromatic heterocycles. The molecule has 1 fully saturated rings. The van der Waals surface area contributed by atoms with Gasteiger partial charge in [0.1, 0.15) is 0 Å². The van der Waals surface area contributed by atoms with E-state index in [1.807, 2.05) is 29.2 Å². The van der Waals surface area contributed by atoms with Crippen LogP contribution in [0.3, 0.4) is 0 Å². The van der Waals surface area contributed by atoms with Gasteiger partial charge < -0.3 is 10.6 Å². The summed E-state index contributed by atoms with van der Waals surface area (Å²) in [6.45, 7) is 1.31. The first kappa shape index (κ1) is 13.9. The van der Waals surface area contributed by atoms with Crippen molar-refractivity contribution in [3.63, 3.8) is 0 Å². The van der Waals surface area contributed by atoms with Gasteiger partial charge in [-0.25, -0.2) is 0 Å². The maximum atomic E-state index is 11.9. The lowest BCUT2D eigenvalue weighted by atomic mass is 9.98. The smallest absolute Gasteiger partial charge is 0.223 e. The second-order valence-corrected chi connectivity index (χ2v) is 5.30. The molecule has 1 atom stereocenters. The van der Waals surface area contributed by atoms with Crippen molar-refractivity contribution in [3.05, 3.63) is 34.9 Å². The van der Waals surface area contributed by atoms with E-state index in [0.29, 0.717) is 37.4 Å². The molecule has 19 heavy (non-hydrogen) atoms. The number of benzene rings is 1. The fourth-order valence-electron chi connectivity index (χ4n) is 2.39. The summed E-state index contributed by atoms with van der Waals surface area (Å²) in [4.78, 5) is 24.4. The Morgan fingerprint density at radius 3 is 2.68 bits per heavy atom. The Balaban J connectivity index is 1.91. The van der Waals surface area contributed by atoms with Crippen LogP contribution in [0.5, 0.6) is 0 Å². The number of amides is 2. The zero-order valence-corrected chi connectivity index (χ0v) is 11.4. The van der Waals surface area contributed by atoms with Gasteiger partial charge in [-0.15, -0.1) is 0 Å². The molecule has 2 amide bonds. The fraction of sp³-hybridized carbons (Fsp3) is 0.429. The first-order valence-electron chi connectivity index (χ1n) is 6.38. The van der Waals surface area contributed by atoms with Crippen LogP contribution in [0.15, 0.2) is 24.3 Å². The van der Waals surface area contributed by atoms with Crippen LogP contribution in [-0.2, 0) is 9.59 Å². The molecule has 2 rings (SSSR count). The average molecular weight is 281 g/mol. The van der Waals surface area contributed by atoms with Gasteiger partial charge in [0.05, 0.1) is 0 Å². The zero-order valence-electron chi connectivity index (χ0n) is 10.6. The number of hydrogen-bond acceptors (Lipinski definition) is 2. The molecule has 1 saturated heterocycles. The Kier molecular flexibility index (Phi) is 4.43. The third kappa shape index (κ3) is 3.70. The van der Waals surface area contributed by atoms with E-state index in [1.54, 1.807) is 0 Å². The van der Waals surface area contributed by atoms with Crippen molar-refractivity contribution in [2.24, 2.45) is 5.73 Å². The lowest BCUT2D eigenvalue weighted by Crippen LogP contribution is -2.27. The summed E-state index contributed by atoms with van der Waals surface area (Å²) in [6.07, 6.45) is 1.49. The molecule has 0 spiro atoms. The quantitative estimate of drug-likeness (QED) is 0.896. The minimum atomic E-state index is -0.319. The number of halogens is 1. The highest BCUT2D eigenvalue weighted by atomic mass is 35.5. The Morgan fingerprint density at radius 1 is 1.37 bits per heavy atom. The Morgan fingerprint density at radius 2 is 2.05 bits per heavy atom. The molecular weight excluding hydrogens is 264 g/mol. The Hall–Kier alpha value is -1.55. The summed E-state index contributed by atoms with van der Waals surface area (Å²) < 4.78 is 0. The monoisotopic (exact) mass is 280 g/mol. The van der Waals surface area contributed by atoms with Crippen molar-refractivity contribution in [3.8, 4) is 0 Å². The predicted molar refractivity (Wildman–Crippen MR) is 73.8 cm³/mol. The molecular formula is C14H17ClN2O2. The van der Waals surface area contributed by atoms with Crippen LogP contribution in [0.4, 0.5) is 0 Å². The van der Waals surface area contributed by atoms with E-state index in [9.17, 15) is 9.59 Å². The summed E-state index contributed by atoms with van der Waals surface area (Å²) in [5.74, 6) is 0.0451. The predicted octanol–water partition coefficient (Wildman–Crippen LogP) is 1.92. The van der Waals surface area contributed by atoms with Crippen LogP contribution in [0.25, 0.3) is 0 Å². The molecule has 1 heterocycles.